The second kappa shape index (κ2) is 6.61. The summed E-state index contributed by atoms with van der Waals surface area (Å²) in [5, 5.41) is 16.4. The standard InChI is InChI=1S/C6H9O4.Y/c1-4(6(9)10)2-3-5(7)8;/h3-4H,2H2,1H3,(H,7,8)(H,9,10);/q-1;+3. The van der Waals surface area contributed by atoms with Crippen LogP contribution in [0.15, 0.2) is 0 Å². The van der Waals surface area contributed by atoms with E-state index in [0.29, 0.717) is 0 Å². The molecule has 5 heteroatoms. The van der Waals surface area contributed by atoms with Gasteiger partial charge in [-0.05, 0) is 0 Å². The summed E-state index contributed by atoms with van der Waals surface area (Å²) in [6, 6.07) is 0. The molecule has 0 aliphatic rings. The van der Waals surface area contributed by atoms with Gasteiger partial charge in [-0.15, -0.1) is 6.42 Å². The number of hydrogen-bond acceptors (Lipinski definition) is 2. The molecule has 0 fully saturated rings. The summed E-state index contributed by atoms with van der Waals surface area (Å²) in [5.74, 6) is -2.67. The van der Waals surface area contributed by atoms with Gasteiger partial charge in [0, 0.05) is 5.92 Å². The first-order chi connectivity index (χ1) is 4.54. The van der Waals surface area contributed by atoms with Crippen molar-refractivity contribution in [3.05, 3.63) is 6.42 Å². The SMILES string of the molecule is CC(C[CH-]C(=O)O)C(=O)O.[Y+3]. The van der Waals surface area contributed by atoms with Crippen molar-refractivity contribution in [3.8, 4) is 0 Å². The molecule has 0 aromatic heterocycles. The minimum atomic E-state index is -1.08. The molecule has 0 aliphatic carbocycles. The van der Waals surface area contributed by atoms with Crippen LogP contribution in [-0.2, 0) is 42.3 Å². The summed E-state index contributed by atoms with van der Waals surface area (Å²) in [7, 11) is 0. The molecule has 0 saturated heterocycles. The topological polar surface area (TPSA) is 74.6 Å². The van der Waals surface area contributed by atoms with Crippen molar-refractivity contribution in [2.45, 2.75) is 13.3 Å². The maximum absolute atomic E-state index is 10.1. The van der Waals surface area contributed by atoms with E-state index in [4.69, 9.17) is 10.2 Å². The van der Waals surface area contributed by atoms with E-state index in [0.717, 1.165) is 6.42 Å². The minimum Gasteiger partial charge on any atom is -0.503 e. The van der Waals surface area contributed by atoms with Crippen LogP contribution in [0.4, 0.5) is 0 Å². The van der Waals surface area contributed by atoms with Crippen molar-refractivity contribution in [2.24, 2.45) is 5.92 Å². The van der Waals surface area contributed by atoms with Gasteiger partial charge in [-0.3, -0.25) is 16.0 Å². The Kier molecular flexibility index (Phi) is 8.12. The molecule has 58 valence electrons. The third-order valence-electron chi connectivity index (χ3n) is 1.07. The van der Waals surface area contributed by atoms with E-state index in [1.54, 1.807) is 0 Å². The number of carboxylic acids is 2. The van der Waals surface area contributed by atoms with Crippen LogP contribution in [0.25, 0.3) is 0 Å². The van der Waals surface area contributed by atoms with Gasteiger partial charge >= 0.3 is 38.7 Å². The molecule has 0 aromatic carbocycles. The van der Waals surface area contributed by atoms with Gasteiger partial charge in [0.2, 0.25) is 0 Å². The zero-order chi connectivity index (χ0) is 8.15. The second-order valence-electron chi connectivity index (χ2n) is 2.02. The summed E-state index contributed by atoms with van der Waals surface area (Å²) in [5.41, 5.74) is 0. The normalized spacial score (nSPS) is 11.0. The van der Waals surface area contributed by atoms with Crippen molar-refractivity contribution in [1.82, 2.24) is 0 Å². The second-order valence-corrected chi connectivity index (χ2v) is 2.02. The van der Waals surface area contributed by atoms with Crippen molar-refractivity contribution in [1.29, 1.82) is 0 Å². The molecule has 0 radical (unpaired) electrons. The summed E-state index contributed by atoms with van der Waals surface area (Å²) in [6.45, 7) is 1.46. The predicted molar refractivity (Wildman–Crippen MR) is 33.4 cm³/mol. The van der Waals surface area contributed by atoms with Gasteiger partial charge in [0.05, 0.1) is 0 Å². The molecule has 2 N–H and O–H groups in total. The number of carboxylic acid groups (broad SMARTS) is 2. The molecular weight excluding hydrogens is 225 g/mol. The average molecular weight is 234 g/mol. The van der Waals surface area contributed by atoms with Gasteiger partial charge in [0.25, 0.3) is 0 Å². The molecule has 1 unspecified atom stereocenters. The van der Waals surface area contributed by atoms with Crippen molar-refractivity contribution >= 4 is 11.9 Å². The summed E-state index contributed by atoms with van der Waals surface area (Å²) in [6.07, 6.45) is 1.02. The number of aliphatic carboxylic acids is 2. The number of carbonyl (C=O) groups is 2. The van der Waals surface area contributed by atoms with Gasteiger partial charge in [0.1, 0.15) is 0 Å². The van der Waals surface area contributed by atoms with Crippen LogP contribution >= 0.6 is 0 Å². The zero-order valence-corrected chi connectivity index (χ0v) is 8.99. The van der Waals surface area contributed by atoms with Gasteiger partial charge in [-0.1, -0.05) is 6.92 Å². The van der Waals surface area contributed by atoms with Crippen LogP contribution in [0, 0.1) is 12.3 Å². The molecular formula is C6H9O4Y+2. The van der Waals surface area contributed by atoms with Crippen molar-refractivity contribution < 1.29 is 52.5 Å². The molecule has 0 heterocycles. The van der Waals surface area contributed by atoms with Crippen LogP contribution in [0.5, 0.6) is 0 Å². The Hall–Kier alpha value is -0.0861. The van der Waals surface area contributed by atoms with Crippen LogP contribution < -0.4 is 0 Å². The van der Waals surface area contributed by atoms with E-state index < -0.39 is 17.9 Å². The Balaban J connectivity index is 0. The fourth-order valence-electron chi connectivity index (χ4n) is 0.378. The van der Waals surface area contributed by atoms with E-state index in [1.165, 1.54) is 6.92 Å². The van der Waals surface area contributed by atoms with Crippen LogP contribution in [0.1, 0.15) is 13.3 Å². The van der Waals surface area contributed by atoms with E-state index >= 15 is 0 Å². The molecule has 0 saturated carbocycles. The third-order valence-corrected chi connectivity index (χ3v) is 1.07. The Bertz CT molecular complexity index is 146. The van der Waals surface area contributed by atoms with Gasteiger partial charge < -0.3 is 10.2 Å². The molecule has 0 amide bonds. The summed E-state index contributed by atoms with van der Waals surface area (Å²) in [4.78, 5) is 20.0. The van der Waals surface area contributed by atoms with Gasteiger partial charge in [-0.25, -0.2) is 0 Å². The molecule has 11 heavy (non-hydrogen) atoms. The number of rotatable bonds is 4. The monoisotopic (exact) mass is 234 g/mol. The molecule has 0 aromatic rings. The third kappa shape index (κ3) is 7.81. The van der Waals surface area contributed by atoms with Crippen LogP contribution in [0.2, 0.25) is 0 Å². The Labute approximate surface area is 89.9 Å². The fraction of sp³-hybridized carbons (Fsp3) is 0.500. The summed E-state index contributed by atoms with van der Waals surface area (Å²) >= 11 is 0. The van der Waals surface area contributed by atoms with E-state index in [2.05, 4.69) is 0 Å². The molecule has 0 spiro atoms. The largest absolute Gasteiger partial charge is 3.00 e. The smallest absolute Gasteiger partial charge is 0.503 e. The molecule has 4 nitrogen and oxygen atoms in total. The fourth-order valence-corrected chi connectivity index (χ4v) is 0.378. The van der Waals surface area contributed by atoms with Crippen LogP contribution in [0.3, 0.4) is 0 Å². The Morgan fingerprint density at radius 2 is 1.91 bits per heavy atom. The molecule has 0 aliphatic heterocycles. The maximum Gasteiger partial charge on any atom is 3.00 e. The molecule has 0 rings (SSSR count). The summed E-state index contributed by atoms with van der Waals surface area (Å²) < 4.78 is 0. The quantitative estimate of drug-likeness (QED) is 0.689. The van der Waals surface area contributed by atoms with E-state index in [-0.39, 0.29) is 39.1 Å². The Morgan fingerprint density at radius 1 is 1.45 bits per heavy atom. The van der Waals surface area contributed by atoms with Gasteiger partial charge in [0.15, 0.2) is 5.97 Å². The number of hydrogen-bond donors (Lipinski definition) is 2. The average Bonchev–Trinajstić information content (AvgIpc) is 1.82. The minimum absolute atomic E-state index is 0. The zero-order valence-electron chi connectivity index (χ0n) is 6.15. The van der Waals surface area contributed by atoms with E-state index in [1.807, 2.05) is 0 Å². The van der Waals surface area contributed by atoms with Crippen LogP contribution in [-0.4, -0.2) is 22.2 Å². The maximum atomic E-state index is 10.1. The van der Waals surface area contributed by atoms with Crippen molar-refractivity contribution in [2.75, 3.05) is 0 Å². The first-order valence-corrected chi connectivity index (χ1v) is 2.83. The Morgan fingerprint density at radius 3 is 2.18 bits per heavy atom. The van der Waals surface area contributed by atoms with Gasteiger partial charge in [-0.2, -0.15) is 0 Å². The van der Waals surface area contributed by atoms with Crippen molar-refractivity contribution in [3.63, 3.8) is 0 Å². The molecule has 1 atom stereocenters. The molecule has 0 bridgehead atoms. The van der Waals surface area contributed by atoms with E-state index in [9.17, 15) is 9.59 Å². The predicted octanol–water partition coefficient (Wildman–Crippen LogP) is 0.384. The first kappa shape index (κ1) is 13.5. The first-order valence-electron chi connectivity index (χ1n) is 2.83.